The highest BCUT2D eigenvalue weighted by Gasteiger charge is 2.23. The van der Waals surface area contributed by atoms with E-state index in [1.54, 1.807) is 6.20 Å². The third kappa shape index (κ3) is 3.00. The molecule has 1 aliphatic rings. The van der Waals surface area contributed by atoms with Gasteiger partial charge in [0.2, 0.25) is 0 Å². The molecule has 0 amide bonds. The highest BCUT2D eigenvalue weighted by Crippen LogP contribution is 2.31. The molecule has 98 valence electrons. The van der Waals surface area contributed by atoms with Gasteiger partial charge in [0, 0.05) is 24.8 Å². The minimum atomic E-state index is 0.0750. The smallest absolute Gasteiger partial charge is 0.128 e. The van der Waals surface area contributed by atoms with Crippen LogP contribution in [0.2, 0.25) is 0 Å². The van der Waals surface area contributed by atoms with Crippen LogP contribution in [-0.2, 0) is 0 Å². The van der Waals surface area contributed by atoms with Gasteiger partial charge < -0.3 is 10.6 Å². The van der Waals surface area contributed by atoms with E-state index in [9.17, 15) is 0 Å². The van der Waals surface area contributed by atoms with Gasteiger partial charge >= 0.3 is 0 Å². The number of aromatic nitrogens is 1. The summed E-state index contributed by atoms with van der Waals surface area (Å²) in [6, 6.07) is 3.84. The quantitative estimate of drug-likeness (QED) is 0.622. The largest absolute Gasteiger partial charge is 0.384 e. The summed E-state index contributed by atoms with van der Waals surface area (Å²) in [5.74, 6) is 1.07. The molecule has 0 aromatic carbocycles. The van der Waals surface area contributed by atoms with E-state index in [2.05, 4.69) is 23.7 Å². The lowest BCUT2D eigenvalue weighted by atomic mass is 9.85. The van der Waals surface area contributed by atoms with Crippen LogP contribution in [0.4, 0.5) is 5.82 Å². The van der Waals surface area contributed by atoms with E-state index in [4.69, 9.17) is 11.1 Å². The standard InChI is InChI=1S/C14H22N4/c1-14(2)6-3-8-18(9-7-14)12-5-4-11(10-17-12)13(15)16/h4-5,10H,3,6-9H2,1-2H3,(H3,15,16). The lowest BCUT2D eigenvalue weighted by molar-refractivity contribution is 0.325. The second kappa shape index (κ2) is 4.96. The first-order valence-corrected chi connectivity index (χ1v) is 6.53. The van der Waals surface area contributed by atoms with Gasteiger partial charge in [-0.1, -0.05) is 13.8 Å². The predicted molar refractivity (Wildman–Crippen MR) is 75.1 cm³/mol. The number of hydrogen-bond donors (Lipinski definition) is 2. The lowest BCUT2D eigenvalue weighted by Gasteiger charge is -2.24. The van der Waals surface area contributed by atoms with E-state index in [1.807, 2.05) is 12.1 Å². The van der Waals surface area contributed by atoms with Crippen molar-refractivity contribution in [3.05, 3.63) is 23.9 Å². The molecule has 1 aliphatic heterocycles. The van der Waals surface area contributed by atoms with Crippen molar-refractivity contribution in [2.24, 2.45) is 11.1 Å². The minimum absolute atomic E-state index is 0.0750. The van der Waals surface area contributed by atoms with Crippen LogP contribution in [0.15, 0.2) is 18.3 Å². The maximum atomic E-state index is 7.36. The third-order valence-electron chi connectivity index (χ3n) is 3.72. The van der Waals surface area contributed by atoms with Gasteiger partial charge in [-0.2, -0.15) is 0 Å². The molecule has 1 fully saturated rings. The van der Waals surface area contributed by atoms with Crippen LogP contribution >= 0.6 is 0 Å². The maximum absolute atomic E-state index is 7.36. The molecule has 4 heteroatoms. The van der Waals surface area contributed by atoms with Gasteiger partial charge in [-0.15, -0.1) is 0 Å². The van der Waals surface area contributed by atoms with Crippen molar-refractivity contribution in [1.29, 1.82) is 5.41 Å². The molecule has 0 unspecified atom stereocenters. The van der Waals surface area contributed by atoms with Gasteiger partial charge in [-0.3, -0.25) is 5.41 Å². The van der Waals surface area contributed by atoms with Crippen molar-refractivity contribution in [3.8, 4) is 0 Å². The third-order valence-corrected chi connectivity index (χ3v) is 3.72. The van der Waals surface area contributed by atoms with E-state index in [1.165, 1.54) is 19.3 Å². The van der Waals surface area contributed by atoms with Crippen molar-refractivity contribution in [1.82, 2.24) is 4.98 Å². The lowest BCUT2D eigenvalue weighted by Crippen LogP contribution is -2.26. The number of hydrogen-bond acceptors (Lipinski definition) is 3. The van der Waals surface area contributed by atoms with Crippen molar-refractivity contribution in [2.75, 3.05) is 18.0 Å². The zero-order valence-electron chi connectivity index (χ0n) is 11.2. The highest BCUT2D eigenvalue weighted by molar-refractivity contribution is 5.94. The van der Waals surface area contributed by atoms with E-state index in [0.29, 0.717) is 11.0 Å². The summed E-state index contributed by atoms with van der Waals surface area (Å²) in [4.78, 5) is 6.75. The van der Waals surface area contributed by atoms with E-state index in [0.717, 1.165) is 18.9 Å². The van der Waals surface area contributed by atoms with Gasteiger partial charge in [0.1, 0.15) is 11.7 Å². The zero-order chi connectivity index (χ0) is 13.2. The Labute approximate surface area is 109 Å². The molecule has 0 aliphatic carbocycles. The maximum Gasteiger partial charge on any atom is 0.128 e. The minimum Gasteiger partial charge on any atom is -0.384 e. The first kappa shape index (κ1) is 12.9. The highest BCUT2D eigenvalue weighted by atomic mass is 15.2. The summed E-state index contributed by atoms with van der Waals surface area (Å²) in [7, 11) is 0. The Morgan fingerprint density at radius 3 is 2.72 bits per heavy atom. The van der Waals surface area contributed by atoms with E-state index in [-0.39, 0.29) is 5.84 Å². The molecule has 4 nitrogen and oxygen atoms in total. The average molecular weight is 246 g/mol. The predicted octanol–water partition coefficient (Wildman–Crippen LogP) is 2.38. The summed E-state index contributed by atoms with van der Waals surface area (Å²) in [6.45, 7) is 6.79. The second-order valence-corrected chi connectivity index (χ2v) is 5.82. The fourth-order valence-corrected chi connectivity index (χ4v) is 2.38. The number of nitrogens with two attached hydrogens (primary N) is 1. The molecule has 0 spiro atoms. The van der Waals surface area contributed by atoms with Crippen molar-refractivity contribution < 1.29 is 0 Å². The normalized spacial score (nSPS) is 19.3. The van der Waals surface area contributed by atoms with Gasteiger partial charge in [0.15, 0.2) is 0 Å². The van der Waals surface area contributed by atoms with Crippen molar-refractivity contribution in [3.63, 3.8) is 0 Å². The number of rotatable bonds is 2. The number of anilines is 1. The molecule has 0 radical (unpaired) electrons. The second-order valence-electron chi connectivity index (χ2n) is 5.82. The Morgan fingerprint density at radius 1 is 1.33 bits per heavy atom. The topological polar surface area (TPSA) is 66.0 Å². The summed E-state index contributed by atoms with van der Waals surface area (Å²) >= 11 is 0. The molecule has 3 N–H and O–H groups in total. The molecule has 1 aromatic heterocycles. The van der Waals surface area contributed by atoms with Crippen LogP contribution in [0.5, 0.6) is 0 Å². The Hall–Kier alpha value is -1.58. The molecule has 1 saturated heterocycles. The van der Waals surface area contributed by atoms with Crippen LogP contribution in [0, 0.1) is 10.8 Å². The van der Waals surface area contributed by atoms with Crippen LogP contribution in [0.1, 0.15) is 38.7 Å². The van der Waals surface area contributed by atoms with Crippen LogP contribution < -0.4 is 10.6 Å². The Morgan fingerprint density at radius 2 is 2.11 bits per heavy atom. The first-order chi connectivity index (χ1) is 8.48. The van der Waals surface area contributed by atoms with Gasteiger partial charge in [0.05, 0.1) is 0 Å². The van der Waals surface area contributed by atoms with Crippen molar-refractivity contribution >= 4 is 11.7 Å². The van der Waals surface area contributed by atoms with Crippen LogP contribution in [-0.4, -0.2) is 23.9 Å². The average Bonchev–Trinajstić information content (AvgIpc) is 2.50. The molecule has 2 heterocycles. The Kier molecular flexibility index (Phi) is 3.55. The van der Waals surface area contributed by atoms with E-state index < -0.39 is 0 Å². The monoisotopic (exact) mass is 246 g/mol. The molecule has 0 atom stereocenters. The number of pyridine rings is 1. The van der Waals surface area contributed by atoms with Crippen LogP contribution in [0.3, 0.4) is 0 Å². The number of nitrogens with zero attached hydrogens (tertiary/aromatic N) is 2. The molecular formula is C14H22N4. The summed E-state index contributed by atoms with van der Waals surface area (Å²) < 4.78 is 0. The number of nitrogen functional groups attached to an aromatic ring is 1. The SMILES string of the molecule is CC1(C)CCCN(c2ccc(C(=N)N)cn2)CC1. The number of nitrogens with one attached hydrogen (secondary N) is 1. The van der Waals surface area contributed by atoms with Crippen LogP contribution in [0.25, 0.3) is 0 Å². The van der Waals surface area contributed by atoms with E-state index >= 15 is 0 Å². The Bertz CT molecular complexity index is 422. The zero-order valence-corrected chi connectivity index (χ0v) is 11.2. The van der Waals surface area contributed by atoms with Gasteiger partial charge in [-0.25, -0.2) is 4.98 Å². The molecule has 0 saturated carbocycles. The van der Waals surface area contributed by atoms with Crippen molar-refractivity contribution in [2.45, 2.75) is 33.1 Å². The molecule has 18 heavy (non-hydrogen) atoms. The van der Waals surface area contributed by atoms with Gasteiger partial charge in [0.25, 0.3) is 0 Å². The number of amidine groups is 1. The first-order valence-electron chi connectivity index (χ1n) is 6.53. The summed E-state index contributed by atoms with van der Waals surface area (Å²) in [5.41, 5.74) is 6.56. The molecular weight excluding hydrogens is 224 g/mol. The Balaban J connectivity index is 2.09. The van der Waals surface area contributed by atoms with Gasteiger partial charge in [-0.05, 0) is 36.8 Å². The fraction of sp³-hybridized carbons (Fsp3) is 0.571. The molecule has 0 bridgehead atoms. The molecule has 2 rings (SSSR count). The summed E-state index contributed by atoms with van der Waals surface area (Å²) in [6.07, 6.45) is 5.37. The summed E-state index contributed by atoms with van der Waals surface area (Å²) in [5, 5.41) is 7.36. The molecule has 1 aromatic rings. The fourth-order valence-electron chi connectivity index (χ4n) is 2.38.